The molecule has 0 aliphatic heterocycles. The molecule has 0 aliphatic rings. The van der Waals surface area contributed by atoms with Gasteiger partial charge in [-0.25, -0.2) is 0 Å². The van der Waals surface area contributed by atoms with Gasteiger partial charge in [0, 0.05) is 6.54 Å². The molecule has 88 valence electrons. The first-order valence-corrected chi connectivity index (χ1v) is 5.08. The van der Waals surface area contributed by atoms with Gasteiger partial charge in [-0.15, -0.1) is 0 Å². The zero-order chi connectivity index (χ0) is 12.0. The molecule has 0 bridgehead atoms. The molecule has 0 fully saturated rings. The standard InChI is InChI=1S/C12H17NO3/c1-9(14)7-13-8-10-4-5-11(15-2)12(6-10)16-3/h4-6,13H,7-8H2,1-3H3. The smallest absolute Gasteiger partial charge is 0.161 e. The Balaban J connectivity index is 2.64. The summed E-state index contributed by atoms with van der Waals surface area (Å²) in [5.74, 6) is 1.53. The lowest BCUT2D eigenvalue weighted by atomic mass is 10.2. The molecular formula is C12H17NO3. The van der Waals surface area contributed by atoms with Gasteiger partial charge in [0.25, 0.3) is 0 Å². The van der Waals surface area contributed by atoms with Gasteiger partial charge < -0.3 is 14.8 Å². The first kappa shape index (κ1) is 12.5. The summed E-state index contributed by atoms with van der Waals surface area (Å²) in [4.78, 5) is 10.8. The molecular weight excluding hydrogens is 206 g/mol. The van der Waals surface area contributed by atoms with Crippen molar-refractivity contribution in [1.82, 2.24) is 5.32 Å². The van der Waals surface area contributed by atoms with Gasteiger partial charge in [0.05, 0.1) is 20.8 Å². The highest BCUT2D eigenvalue weighted by molar-refractivity contribution is 5.77. The molecule has 1 rings (SSSR count). The Bertz CT molecular complexity index is 363. The normalized spacial score (nSPS) is 9.94. The molecule has 1 aromatic rings. The van der Waals surface area contributed by atoms with E-state index in [1.165, 1.54) is 0 Å². The van der Waals surface area contributed by atoms with Crippen LogP contribution >= 0.6 is 0 Å². The molecule has 0 aromatic heterocycles. The minimum atomic E-state index is 0.125. The minimum Gasteiger partial charge on any atom is -0.493 e. The quantitative estimate of drug-likeness (QED) is 0.791. The van der Waals surface area contributed by atoms with Gasteiger partial charge in [-0.1, -0.05) is 6.07 Å². The lowest BCUT2D eigenvalue weighted by Crippen LogP contribution is -2.20. The van der Waals surface area contributed by atoms with E-state index in [4.69, 9.17) is 9.47 Å². The highest BCUT2D eigenvalue weighted by Crippen LogP contribution is 2.27. The second kappa shape index (κ2) is 6.12. The summed E-state index contributed by atoms with van der Waals surface area (Å²) in [6.07, 6.45) is 0. The van der Waals surface area contributed by atoms with Crippen LogP contribution in [0.2, 0.25) is 0 Å². The fourth-order valence-electron chi connectivity index (χ4n) is 1.37. The Morgan fingerprint density at radius 3 is 2.50 bits per heavy atom. The maximum absolute atomic E-state index is 10.8. The lowest BCUT2D eigenvalue weighted by Gasteiger charge is -2.09. The molecule has 0 spiro atoms. The van der Waals surface area contributed by atoms with Gasteiger partial charge in [-0.05, 0) is 24.6 Å². The maximum Gasteiger partial charge on any atom is 0.161 e. The van der Waals surface area contributed by atoms with Crippen molar-refractivity contribution >= 4 is 5.78 Å². The highest BCUT2D eigenvalue weighted by Gasteiger charge is 2.04. The van der Waals surface area contributed by atoms with Crippen LogP contribution in [0.15, 0.2) is 18.2 Å². The van der Waals surface area contributed by atoms with E-state index in [0.29, 0.717) is 24.6 Å². The molecule has 1 aromatic carbocycles. The number of hydrogen-bond donors (Lipinski definition) is 1. The van der Waals surface area contributed by atoms with Crippen LogP contribution in [0.4, 0.5) is 0 Å². The van der Waals surface area contributed by atoms with Crippen molar-refractivity contribution in [3.8, 4) is 11.5 Å². The van der Waals surface area contributed by atoms with E-state index < -0.39 is 0 Å². The molecule has 0 atom stereocenters. The predicted molar refractivity (Wildman–Crippen MR) is 61.9 cm³/mol. The SMILES string of the molecule is COc1ccc(CNCC(C)=O)cc1OC. The molecule has 16 heavy (non-hydrogen) atoms. The third-order valence-corrected chi connectivity index (χ3v) is 2.15. The first-order valence-electron chi connectivity index (χ1n) is 5.08. The zero-order valence-corrected chi connectivity index (χ0v) is 9.87. The van der Waals surface area contributed by atoms with Crippen molar-refractivity contribution < 1.29 is 14.3 Å². The van der Waals surface area contributed by atoms with Crippen LogP contribution in [0, 0.1) is 0 Å². The van der Waals surface area contributed by atoms with Crippen LogP contribution in [0.3, 0.4) is 0 Å². The molecule has 1 N–H and O–H groups in total. The number of ketones is 1. The van der Waals surface area contributed by atoms with E-state index in [9.17, 15) is 4.79 Å². The summed E-state index contributed by atoms with van der Waals surface area (Å²) in [5.41, 5.74) is 1.05. The topological polar surface area (TPSA) is 47.6 Å². The Kier molecular flexibility index (Phi) is 4.79. The summed E-state index contributed by atoms with van der Waals surface area (Å²) in [7, 11) is 3.20. The third kappa shape index (κ3) is 3.55. The van der Waals surface area contributed by atoms with E-state index in [1.807, 2.05) is 18.2 Å². The van der Waals surface area contributed by atoms with Gasteiger partial charge in [0.2, 0.25) is 0 Å². The second-order valence-electron chi connectivity index (χ2n) is 3.49. The van der Waals surface area contributed by atoms with Gasteiger partial charge in [-0.2, -0.15) is 0 Å². The largest absolute Gasteiger partial charge is 0.493 e. The number of methoxy groups -OCH3 is 2. The van der Waals surface area contributed by atoms with E-state index in [2.05, 4.69) is 5.32 Å². The third-order valence-electron chi connectivity index (χ3n) is 2.15. The number of benzene rings is 1. The van der Waals surface area contributed by atoms with Crippen molar-refractivity contribution in [3.63, 3.8) is 0 Å². The van der Waals surface area contributed by atoms with Crippen molar-refractivity contribution in [2.75, 3.05) is 20.8 Å². The number of carbonyl (C=O) groups excluding carboxylic acids is 1. The zero-order valence-electron chi connectivity index (χ0n) is 9.87. The van der Waals surface area contributed by atoms with Gasteiger partial charge in [-0.3, -0.25) is 4.79 Å². The minimum absolute atomic E-state index is 0.125. The number of nitrogens with one attached hydrogen (secondary N) is 1. The van der Waals surface area contributed by atoms with Crippen LogP contribution in [0.1, 0.15) is 12.5 Å². The summed E-state index contributed by atoms with van der Waals surface area (Å²) in [6.45, 7) is 2.58. The molecule has 0 radical (unpaired) electrons. The maximum atomic E-state index is 10.8. The van der Waals surface area contributed by atoms with Gasteiger partial charge in [0.15, 0.2) is 11.5 Å². The summed E-state index contributed by atoms with van der Waals surface area (Å²) in [6, 6.07) is 5.68. The predicted octanol–water partition coefficient (Wildman–Crippen LogP) is 1.38. The number of hydrogen-bond acceptors (Lipinski definition) is 4. The Hall–Kier alpha value is -1.55. The molecule has 0 unspecified atom stereocenters. The molecule has 0 saturated heterocycles. The van der Waals surface area contributed by atoms with Gasteiger partial charge in [0.1, 0.15) is 5.78 Å². The van der Waals surface area contributed by atoms with Gasteiger partial charge >= 0.3 is 0 Å². The fraction of sp³-hybridized carbons (Fsp3) is 0.417. The summed E-state index contributed by atoms with van der Waals surface area (Å²) >= 11 is 0. The molecule has 0 saturated carbocycles. The van der Waals surface area contributed by atoms with Crippen molar-refractivity contribution in [1.29, 1.82) is 0 Å². The van der Waals surface area contributed by atoms with Crippen molar-refractivity contribution in [2.45, 2.75) is 13.5 Å². The fourth-order valence-corrected chi connectivity index (χ4v) is 1.37. The molecule has 4 heteroatoms. The van der Waals surface area contributed by atoms with Crippen molar-refractivity contribution in [3.05, 3.63) is 23.8 Å². The van der Waals surface area contributed by atoms with Crippen LogP contribution < -0.4 is 14.8 Å². The summed E-state index contributed by atoms with van der Waals surface area (Å²) < 4.78 is 10.3. The second-order valence-corrected chi connectivity index (χ2v) is 3.49. The average Bonchev–Trinajstić information content (AvgIpc) is 2.28. The van der Waals surface area contributed by atoms with E-state index >= 15 is 0 Å². The number of Topliss-reactive ketones (excluding diaryl/α,β-unsaturated/α-hetero) is 1. The Morgan fingerprint density at radius 2 is 1.94 bits per heavy atom. The molecule has 4 nitrogen and oxygen atoms in total. The summed E-state index contributed by atoms with van der Waals surface area (Å²) in [5, 5.41) is 3.04. The van der Waals surface area contributed by atoms with E-state index in [1.54, 1.807) is 21.1 Å². The number of rotatable bonds is 6. The first-order chi connectivity index (χ1) is 7.67. The van der Waals surface area contributed by atoms with Crippen LogP contribution in [-0.4, -0.2) is 26.5 Å². The Labute approximate surface area is 95.6 Å². The van der Waals surface area contributed by atoms with E-state index in [0.717, 1.165) is 5.56 Å². The molecule has 0 aliphatic carbocycles. The van der Waals surface area contributed by atoms with Crippen LogP contribution in [0.5, 0.6) is 11.5 Å². The van der Waals surface area contributed by atoms with Crippen LogP contribution in [0.25, 0.3) is 0 Å². The lowest BCUT2D eigenvalue weighted by molar-refractivity contribution is -0.116. The average molecular weight is 223 g/mol. The van der Waals surface area contributed by atoms with Crippen molar-refractivity contribution in [2.24, 2.45) is 0 Å². The Morgan fingerprint density at radius 1 is 1.25 bits per heavy atom. The van der Waals surface area contributed by atoms with Crippen LogP contribution in [-0.2, 0) is 11.3 Å². The highest BCUT2D eigenvalue weighted by atomic mass is 16.5. The number of carbonyl (C=O) groups is 1. The molecule has 0 heterocycles. The monoisotopic (exact) mass is 223 g/mol. The van der Waals surface area contributed by atoms with E-state index in [-0.39, 0.29) is 5.78 Å². The molecule has 0 amide bonds. The number of ether oxygens (including phenoxy) is 2.